The normalized spacial score (nSPS) is 21.4. The van der Waals surface area contributed by atoms with Crippen LogP contribution >= 0.6 is 0 Å². The highest BCUT2D eigenvalue weighted by molar-refractivity contribution is 5.30. The minimum Gasteiger partial charge on any atom is -0.303 e. The molecule has 24 heavy (non-hydrogen) atoms. The monoisotopic (exact) mass is 321 g/mol. The Bertz CT molecular complexity index is 579. The van der Waals surface area contributed by atoms with Crippen molar-refractivity contribution in [2.45, 2.75) is 70.9 Å². The van der Waals surface area contributed by atoms with E-state index in [1.807, 2.05) is 0 Å². The van der Waals surface area contributed by atoms with Crippen molar-refractivity contribution in [2.75, 3.05) is 0 Å². The van der Waals surface area contributed by atoms with Gasteiger partial charge in [0.15, 0.2) is 0 Å². The van der Waals surface area contributed by atoms with Crippen molar-refractivity contribution in [3.05, 3.63) is 70.8 Å². The van der Waals surface area contributed by atoms with E-state index in [9.17, 15) is 0 Å². The summed E-state index contributed by atoms with van der Waals surface area (Å²) in [6.45, 7) is 9.02. The van der Waals surface area contributed by atoms with Crippen LogP contribution in [0.4, 0.5) is 0 Å². The molecule has 0 amide bonds. The fourth-order valence-corrected chi connectivity index (χ4v) is 3.69. The van der Waals surface area contributed by atoms with E-state index in [1.54, 1.807) is 0 Å². The Kier molecular flexibility index (Phi) is 5.40. The molecule has 1 heteroatoms. The minimum atomic E-state index is 0.481. The highest BCUT2D eigenvalue weighted by atomic mass is 15.0. The van der Waals surface area contributed by atoms with Crippen molar-refractivity contribution < 1.29 is 0 Å². The van der Waals surface area contributed by atoms with E-state index in [4.69, 9.17) is 0 Å². The Morgan fingerprint density at radius 2 is 1.04 bits per heavy atom. The van der Waals surface area contributed by atoms with Gasteiger partial charge in [0.2, 0.25) is 0 Å². The summed E-state index contributed by atoms with van der Waals surface area (Å²) < 4.78 is 0. The van der Waals surface area contributed by atoms with Crippen molar-refractivity contribution in [1.29, 1.82) is 0 Å². The maximum atomic E-state index is 3.88. The highest BCUT2D eigenvalue weighted by Gasteiger charge is 2.23. The largest absolute Gasteiger partial charge is 0.303 e. The maximum absolute atomic E-state index is 3.88. The lowest BCUT2D eigenvalue weighted by Crippen LogP contribution is -2.30. The molecule has 1 N–H and O–H groups in total. The van der Waals surface area contributed by atoms with E-state index < -0.39 is 0 Å². The highest BCUT2D eigenvalue weighted by Crippen LogP contribution is 2.33. The van der Waals surface area contributed by atoms with Crippen LogP contribution in [0.3, 0.4) is 0 Å². The third kappa shape index (κ3) is 3.89. The van der Waals surface area contributed by atoms with Crippen LogP contribution in [0, 0.1) is 0 Å². The molecule has 1 fully saturated rings. The van der Waals surface area contributed by atoms with Gasteiger partial charge in [-0.05, 0) is 53.4 Å². The molecule has 2 aromatic rings. The molecule has 0 saturated carbocycles. The number of benzene rings is 2. The smallest absolute Gasteiger partial charge is 0.0325 e. The molecule has 1 nitrogen and oxygen atoms in total. The summed E-state index contributed by atoms with van der Waals surface area (Å²) >= 11 is 0. The van der Waals surface area contributed by atoms with Crippen LogP contribution in [0.15, 0.2) is 48.5 Å². The first-order valence-corrected chi connectivity index (χ1v) is 9.50. The van der Waals surface area contributed by atoms with Crippen LogP contribution < -0.4 is 5.32 Å². The first-order valence-electron chi connectivity index (χ1n) is 9.50. The van der Waals surface area contributed by atoms with E-state index in [1.165, 1.54) is 41.5 Å². The Labute approximate surface area is 147 Å². The molecule has 0 aromatic heterocycles. The second-order valence-corrected chi connectivity index (χ2v) is 7.85. The SMILES string of the molecule is CC(C)c1ccc([C@@H]2CCC[C@H](c3ccc(C(C)C)cc3)N2)cc1. The minimum absolute atomic E-state index is 0.481. The molecule has 0 radical (unpaired) electrons. The summed E-state index contributed by atoms with van der Waals surface area (Å²) in [7, 11) is 0. The van der Waals surface area contributed by atoms with Gasteiger partial charge in [0, 0.05) is 12.1 Å². The summed E-state index contributed by atoms with van der Waals surface area (Å²) in [4.78, 5) is 0. The molecular formula is C23H31N. The molecule has 0 unspecified atom stereocenters. The van der Waals surface area contributed by atoms with E-state index in [2.05, 4.69) is 81.5 Å². The molecule has 0 aliphatic carbocycles. The summed E-state index contributed by atoms with van der Waals surface area (Å²) in [6, 6.07) is 19.4. The van der Waals surface area contributed by atoms with Crippen molar-refractivity contribution in [3.8, 4) is 0 Å². The molecule has 3 rings (SSSR count). The Morgan fingerprint density at radius 1 is 0.667 bits per heavy atom. The third-order valence-electron chi connectivity index (χ3n) is 5.40. The second kappa shape index (κ2) is 7.53. The van der Waals surface area contributed by atoms with E-state index in [0.29, 0.717) is 23.9 Å². The molecule has 0 bridgehead atoms. The molecule has 2 aromatic carbocycles. The Hall–Kier alpha value is -1.60. The standard InChI is InChI=1S/C23H31N/c1-16(2)18-8-12-20(13-9-18)22-6-5-7-23(24-22)21-14-10-19(11-15-21)17(3)4/h8-17,22-24H,5-7H2,1-4H3/t22-,23+. The second-order valence-electron chi connectivity index (χ2n) is 7.85. The molecule has 1 aliphatic heterocycles. The quantitative estimate of drug-likeness (QED) is 0.678. The first kappa shape index (κ1) is 17.2. The number of piperidine rings is 1. The van der Waals surface area contributed by atoms with Crippen molar-refractivity contribution in [2.24, 2.45) is 0 Å². The predicted molar refractivity (Wildman–Crippen MR) is 104 cm³/mol. The fourth-order valence-electron chi connectivity index (χ4n) is 3.69. The van der Waals surface area contributed by atoms with Crippen molar-refractivity contribution >= 4 is 0 Å². The summed E-state index contributed by atoms with van der Waals surface area (Å²) in [6.07, 6.45) is 3.77. The average molecular weight is 322 g/mol. The van der Waals surface area contributed by atoms with Gasteiger partial charge in [0.05, 0.1) is 0 Å². The maximum Gasteiger partial charge on any atom is 0.0325 e. The van der Waals surface area contributed by atoms with Gasteiger partial charge in [-0.15, -0.1) is 0 Å². The molecular weight excluding hydrogens is 290 g/mol. The van der Waals surface area contributed by atoms with Gasteiger partial charge in [-0.25, -0.2) is 0 Å². The molecule has 1 aliphatic rings. The van der Waals surface area contributed by atoms with Crippen molar-refractivity contribution in [1.82, 2.24) is 5.32 Å². The number of hydrogen-bond acceptors (Lipinski definition) is 1. The zero-order chi connectivity index (χ0) is 17.1. The zero-order valence-corrected chi connectivity index (χ0v) is 15.5. The molecule has 2 atom stereocenters. The number of rotatable bonds is 4. The van der Waals surface area contributed by atoms with Gasteiger partial charge in [-0.3, -0.25) is 0 Å². The van der Waals surface area contributed by atoms with Gasteiger partial charge >= 0.3 is 0 Å². The van der Waals surface area contributed by atoms with Crippen molar-refractivity contribution in [3.63, 3.8) is 0 Å². The van der Waals surface area contributed by atoms with Crippen LogP contribution in [0.5, 0.6) is 0 Å². The first-order chi connectivity index (χ1) is 11.5. The fraction of sp³-hybridized carbons (Fsp3) is 0.478. The molecule has 128 valence electrons. The lowest BCUT2D eigenvalue weighted by atomic mass is 9.88. The predicted octanol–water partition coefficient (Wildman–Crippen LogP) is 6.49. The molecule has 1 heterocycles. The van der Waals surface area contributed by atoms with Gasteiger partial charge < -0.3 is 5.32 Å². The summed E-state index contributed by atoms with van der Waals surface area (Å²) in [5.41, 5.74) is 5.72. The van der Waals surface area contributed by atoms with E-state index in [0.717, 1.165) is 0 Å². The van der Waals surface area contributed by atoms with Gasteiger partial charge in [0.1, 0.15) is 0 Å². The number of nitrogens with one attached hydrogen (secondary N) is 1. The number of hydrogen-bond donors (Lipinski definition) is 1. The summed E-state index contributed by atoms with van der Waals surface area (Å²) in [5.74, 6) is 1.20. The average Bonchev–Trinajstić information content (AvgIpc) is 2.62. The Balaban J connectivity index is 1.71. The Morgan fingerprint density at radius 3 is 1.38 bits per heavy atom. The zero-order valence-electron chi connectivity index (χ0n) is 15.5. The lowest BCUT2D eigenvalue weighted by Gasteiger charge is -2.32. The van der Waals surface area contributed by atoms with E-state index >= 15 is 0 Å². The van der Waals surface area contributed by atoms with Gasteiger partial charge in [0.25, 0.3) is 0 Å². The topological polar surface area (TPSA) is 12.0 Å². The van der Waals surface area contributed by atoms with Gasteiger partial charge in [-0.2, -0.15) is 0 Å². The van der Waals surface area contributed by atoms with Crippen LogP contribution in [-0.2, 0) is 0 Å². The van der Waals surface area contributed by atoms with Crippen LogP contribution in [0.1, 0.15) is 93.1 Å². The van der Waals surface area contributed by atoms with E-state index in [-0.39, 0.29) is 0 Å². The van der Waals surface area contributed by atoms with Crippen LogP contribution in [-0.4, -0.2) is 0 Å². The molecule has 0 spiro atoms. The molecule has 1 saturated heterocycles. The van der Waals surface area contributed by atoms with Crippen LogP contribution in [0.25, 0.3) is 0 Å². The van der Waals surface area contributed by atoms with Crippen LogP contribution in [0.2, 0.25) is 0 Å². The summed E-state index contributed by atoms with van der Waals surface area (Å²) in [5, 5.41) is 3.88. The van der Waals surface area contributed by atoms with Gasteiger partial charge in [-0.1, -0.05) is 76.2 Å². The third-order valence-corrected chi connectivity index (χ3v) is 5.40. The lowest BCUT2D eigenvalue weighted by molar-refractivity contribution is 0.330.